The van der Waals surface area contributed by atoms with Gasteiger partial charge in [0, 0.05) is 41.9 Å². The average molecular weight is 437 g/mol. The van der Waals surface area contributed by atoms with Gasteiger partial charge in [0.05, 0.1) is 5.56 Å². The summed E-state index contributed by atoms with van der Waals surface area (Å²) in [5.41, 5.74) is 5.32. The minimum atomic E-state index is 0.169. The van der Waals surface area contributed by atoms with Crippen LogP contribution in [-0.2, 0) is 13.1 Å². The van der Waals surface area contributed by atoms with Crippen molar-refractivity contribution in [1.29, 1.82) is 0 Å². The zero-order valence-electron chi connectivity index (χ0n) is 19.1. The maximum Gasteiger partial charge on any atom is 0.231 e. The molecular weight excluding hydrogens is 404 g/mol. The molecule has 0 amide bonds. The highest BCUT2D eigenvalue weighted by Gasteiger charge is 2.26. The minimum absolute atomic E-state index is 0.169. The van der Waals surface area contributed by atoms with Crippen molar-refractivity contribution in [3.8, 4) is 11.5 Å². The largest absolute Gasteiger partial charge is 0.454 e. The second kappa shape index (κ2) is 8.48. The molecule has 0 bridgehead atoms. The van der Waals surface area contributed by atoms with Crippen LogP contribution in [0.3, 0.4) is 0 Å². The van der Waals surface area contributed by atoms with Crippen molar-refractivity contribution in [1.82, 2.24) is 4.98 Å². The molecule has 0 spiro atoms. The smallest absolute Gasteiger partial charge is 0.231 e. The lowest BCUT2D eigenvalue weighted by Crippen LogP contribution is -3.27. The van der Waals surface area contributed by atoms with Crippen LogP contribution in [0.25, 0.3) is 10.9 Å². The molecule has 3 N–H and O–H groups in total. The van der Waals surface area contributed by atoms with Crippen LogP contribution < -0.4 is 29.6 Å². The Morgan fingerprint density at radius 2 is 1.66 bits per heavy atom. The Kier molecular flexibility index (Phi) is 5.53. The fraction of sp³-hybridized carbons (Fsp3) is 0.400. The number of hydrogen-bond acceptors (Lipinski definition) is 4. The molecule has 0 unspecified atom stereocenters. The number of aromatic nitrogens is 1. The van der Waals surface area contributed by atoms with Crippen LogP contribution in [0.2, 0.25) is 0 Å². The van der Waals surface area contributed by atoms with E-state index in [4.69, 9.17) is 9.47 Å². The highest BCUT2D eigenvalue weighted by atomic mass is 16.7. The van der Waals surface area contributed by atoms with Crippen molar-refractivity contribution in [3.05, 3.63) is 63.4 Å². The number of aromatic amines is 1. The molecule has 168 valence electrons. The molecule has 2 aliphatic heterocycles. The number of H-pyrrole nitrogens is 1. The Balaban J connectivity index is 1.26. The van der Waals surface area contributed by atoms with Crippen LogP contribution in [0, 0.1) is 6.92 Å². The minimum Gasteiger partial charge on any atom is -0.454 e. The summed E-state index contributed by atoms with van der Waals surface area (Å²) < 4.78 is 10.9. The van der Waals surface area contributed by atoms with Gasteiger partial charge in [0.15, 0.2) is 16.9 Å². The molecule has 0 atom stereocenters. The van der Waals surface area contributed by atoms with E-state index in [0.29, 0.717) is 6.79 Å². The number of benzene rings is 2. The summed E-state index contributed by atoms with van der Waals surface area (Å²) in [4.78, 5) is 21.9. The van der Waals surface area contributed by atoms with E-state index in [1.165, 1.54) is 10.5 Å². The van der Waals surface area contributed by atoms with Gasteiger partial charge in [0.25, 0.3) is 0 Å². The van der Waals surface area contributed by atoms with Crippen molar-refractivity contribution in [2.45, 2.75) is 20.0 Å². The van der Waals surface area contributed by atoms with Gasteiger partial charge in [-0.15, -0.1) is 0 Å². The van der Waals surface area contributed by atoms with Gasteiger partial charge in [0.1, 0.15) is 39.3 Å². The third-order valence-electron chi connectivity index (χ3n) is 6.80. The molecule has 7 nitrogen and oxygen atoms in total. The lowest BCUT2D eigenvalue weighted by molar-refractivity contribution is -1.02. The molecule has 0 radical (unpaired) electrons. The fourth-order valence-corrected chi connectivity index (χ4v) is 4.83. The second-order valence-electron chi connectivity index (χ2n) is 9.22. The van der Waals surface area contributed by atoms with Crippen molar-refractivity contribution in [2.75, 3.05) is 52.0 Å². The summed E-state index contributed by atoms with van der Waals surface area (Å²) in [6, 6.07) is 12.3. The number of hydrogen-bond donors (Lipinski definition) is 3. The molecule has 0 aliphatic carbocycles. The lowest BCUT2D eigenvalue weighted by Gasteiger charge is -2.30. The monoisotopic (exact) mass is 436 g/mol. The van der Waals surface area contributed by atoms with Gasteiger partial charge in [-0.2, -0.15) is 0 Å². The Morgan fingerprint density at radius 1 is 0.938 bits per heavy atom. The lowest BCUT2D eigenvalue weighted by atomic mass is 10.1. The number of rotatable bonds is 5. The molecule has 2 aliphatic rings. The van der Waals surface area contributed by atoms with Crippen molar-refractivity contribution < 1.29 is 19.3 Å². The van der Waals surface area contributed by atoms with Crippen LogP contribution >= 0.6 is 0 Å². The number of anilines is 1. The van der Waals surface area contributed by atoms with Gasteiger partial charge in [-0.3, -0.25) is 4.79 Å². The quantitative estimate of drug-likeness (QED) is 0.532. The highest BCUT2D eigenvalue weighted by molar-refractivity contribution is 5.83. The summed E-state index contributed by atoms with van der Waals surface area (Å²) in [5, 5.41) is 0.781. The van der Waals surface area contributed by atoms with Crippen LogP contribution in [0.4, 0.5) is 5.69 Å². The average Bonchev–Trinajstić information content (AvgIpc) is 3.25. The van der Waals surface area contributed by atoms with Crippen LogP contribution in [-0.4, -0.2) is 52.1 Å². The first kappa shape index (κ1) is 20.8. The van der Waals surface area contributed by atoms with Gasteiger partial charge >= 0.3 is 0 Å². The maximum absolute atomic E-state index is 13.3. The Bertz CT molecular complexity index is 1200. The summed E-state index contributed by atoms with van der Waals surface area (Å²) >= 11 is 0. The number of piperazine rings is 1. The zero-order valence-corrected chi connectivity index (χ0v) is 19.1. The van der Waals surface area contributed by atoms with E-state index in [0.717, 1.165) is 78.6 Å². The Hall–Kier alpha value is -3.03. The molecule has 1 saturated heterocycles. The van der Waals surface area contributed by atoms with E-state index >= 15 is 0 Å². The van der Waals surface area contributed by atoms with Gasteiger partial charge in [-0.05, 0) is 43.3 Å². The SMILES string of the molecule is Cc1[nH]c2ccc(N(C)C)cc2c(=O)c1C[NH+]1CC[NH+](Cc2ccc3c(c2)OCO3)CC1. The zero-order chi connectivity index (χ0) is 22.2. The van der Waals surface area contributed by atoms with E-state index in [-0.39, 0.29) is 5.43 Å². The van der Waals surface area contributed by atoms with Gasteiger partial charge in [-0.25, -0.2) is 0 Å². The van der Waals surface area contributed by atoms with E-state index in [9.17, 15) is 4.79 Å². The van der Waals surface area contributed by atoms with Crippen LogP contribution in [0.1, 0.15) is 16.8 Å². The molecule has 2 aromatic carbocycles. The Morgan fingerprint density at radius 3 is 2.41 bits per heavy atom. The van der Waals surface area contributed by atoms with E-state index < -0.39 is 0 Å². The van der Waals surface area contributed by atoms with Crippen molar-refractivity contribution in [2.24, 2.45) is 0 Å². The molecular formula is C25H32N4O3+2. The molecule has 0 saturated carbocycles. The van der Waals surface area contributed by atoms with E-state index in [1.54, 1.807) is 4.90 Å². The van der Waals surface area contributed by atoms with Crippen LogP contribution in [0.5, 0.6) is 11.5 Å². The number of quaternary nitrogens is 2. The van der Waals surface area contributed by atoms with Gasteiger partial charge in [-0.1, -0.05) is 0 Å². The normalized spacial score (nSPS) is 20.0. The number of aryl methyl sites for hydroxylation is 1. The maximum atomic E-state index is 13.3. The summed E-state index contributed by atoms with van der Waals surface area (Å²) in [7, 11) is 4.00. The molecule has 1 aromatic heterocycles. The first-order valence-electron chi connectivity index (χ1n) is 11.4. The topological polar surface area (TPSA) is 63.4 Å². The Labute approximate surface area is 188 Å². The van der Waals surface area contributed by atoms with Crippen molar-refractivity contribution in [3.63, 3.8) is 0 Å². The summed E-state index contributed by atoms with van der Waals surface area (Å²) in [6.45, 7) is 8.43. The highest BCUT2D eigenvalue weighted by Crippen LogP contribution is 2.32. The number of ether oxygens (including phenoxy) is 2. The first-order valence-corrected chi connectivity index (χ1v) is 11.4. The second-order valence-corrected chi connectivity index (χ2v) is 9.22. The van der Waals surface area contributed by atoms with Crippen molar-refractivity contribution >= 4 is 16.6 Å². The predicted octanol–water partition coefficient (Wildman–Crippen LogP) is 0.115. The number of pyridine rings is 1. The van der Waals surface area contributed by atoms with Gasteiger partial charge < -0.3 is 29.2 Å². The third kappa shape index (κ3) is 4.06. The van der Waals surface area contributed by atoms with Crippen LogP contribution in [0.15, 0.2) is 41.2 Å². The summed E-state index contributed by atoms with van der Waals surface area (Å²) in [6.07, 6.45) is 0. The molecule has 1 fully saturated rings. The standard InChI is InChI=1S/C25H30N4O3/c1-17-21(25(30)20-13-19(27(2)3)5-6-22(20)26-17)15-29-10-8-28(9-11-29)14-18-4-7-23-24(12-18)32-16-31-23/h4-7,12-13H,8-11,14-16H2,1-3H3,(H,26,30)/p+2. The molecule has 7 heteroatoms. The van der Waals surface area contributed by atoms with E-state index in [2.05, 4.69) is 17.1 Å². The predicted molar refractivity (Wildman–Crippen MR) is 125 cm³/mol. The fourth-order valence-electron chi connectivity index (χ4n) is 4.83. The number of nitrogens with one attached hydrogen (secondary N) is 3. The third-order valence-corrected chi connectivity index (χ3v) is 6.80. The first-order chi connectivity index (χ1) is 15.5. The van der Waals surface area contributed by atoms with Gasteiger partial charge in [0.2, 0.25) is 6.79 Å². The molecule has 5 rings (SSSR count). The molecule has 32 heavy (non-hydrogen) atoms. The molecule has 3 aromatic rings. The molecule has 3 heterocycles. The summed E-state index contributed by atoms with van der Waals surface area (Å²) in [5.74, 6) is 1.70. The number of nitrogens with zero attached hydrogens (tertiary/aromatic N) is 1. The van der Waals surface area contributed by atoms with E-state index in [1.807, 2.05) is 50.2 Å². The number of fused-ring (bicyclic) bond motifs is 2.